The summed E-state index contributed by atoms with van der Waals surface area (Å²) in [5.41, 5.74) is 0. The van der Waals surface area contributed by atoms with E-state index in [9.17, 15) is 4.79 Å². The highest BCUT2D eigenvalue weighted by Gasteiger charge is 2.12. The summed E-state index contributed by atoms with van der Waals surface area (Å²) in [4.78, 5) is 10.8. The molecular weight excluding hydrogens is 144 g/mol. The van der Waals surface area contributed by atoms with E-state index in [0.717, 1.165) is 6.42 Å². The number of carbonyl (C=O) groups excluding carboxylic acids is 1. The number of carbonyl (C=O) groups is 1. The van der Waals surface area contributed by atoms with E-state index in [1.54, 1.807) is 19.3 Å². The lowest BCUT2D eigenvalue weighted by Gasteiger charge is -2.16. The number of hydrogen-bond donors (Lipinski definition) is 0. The first-order valence-corrected chi connectivity index (χ1v) is 3.80. The second-order valence-corrected chi connectivity index (χ2v) is 2.37. The lowest BCUT2D eigenvalue weighted by Crippen LogP contribution is -2.19. The van der Waals surface area contributed by atoms with Crippen molar-refractivity contribution in [3.63, 3.8) is 0 Å². The van der Waals surface area contributed by atoms with Crippen molar-refractivity contribution < 1.29 is 14.3 Å². The average Bonchev–Trinajstić information content (AvgIpc) is 2.06. The van der Waals surface area contributed by atoms with E-state index in [2.05, 4.69) is 0 Å². The lowest BCUT2D eigenvalue weighted by atomic mass is 10.2. The topological polar surface area (TPSA) is 35.5 Å². The summed E-state index contributed by atoms with van der Waals surface area (Å²) in [5, 5.41) is 0. The van der Waals surface area contributed by atoms with Gasteiger partial charge in [0.15, 0.2) is 0 Å². The second-order valence-electron chi connectivity index (χ2n) is 2.37. The van der Waals surface area contributed by atoms with Gasteiger partial charge in [-0.1, -0.05) is 6.92 Å². The van der Waals surface area contributed by atoms with Crippen molar-refractivity contribution >= 4 is 5.97 Å². The van der Waals surface area contributed by atoms with Crippen LogP contribution in [0, 0.1) is 0 Å². The van der Waals surface area contributed by atoms with Gasteiger partial charge in [-0.15, -0.1) is 0 Å². The molecule has 1 atom stereocenters. The molecule has 11 heavy (non-hydrogen) atoms. The van der Waals surface area contributed by atoms with Crippen LogP contribution in [-0.2, 0) is 14.3 Å². The lowest BCUT2D eigenvalue weighted by molar-refractivity contribution is -0.147. The Morgan fingerprint density at radius 3 is 3.18 bits per heavy atom. The predicted octanol–water partition coefficient (Wildman–Crippen LogP) is 1.24. The monoisotopic (exact) mass is 156 g/mol. The molecule has 0 fully saturated rings. The molecule has 3 heteroatoms. The molecule has 1 aliphatic heterocycles. The molecule has 0 amide bonds. The summed E-state index contributed by atoms with van der Waals surface area (Å²) in [6.07, 6.45) is 4.47. The van der Waals surface area contributed by atoms with Crippen LogP contribution in [0.15, 0.2) is 12.3 Å². The van der Waals surface area contributed by atoms with Gasteiger partial charge < -0.3 is 9.47 Å². The van der Waals surface area contributed by atoms with E-state index >= 15 is 0 Å². The molecule has 0 saturated heterocycles. The zero-order chi connectivity index (χ0) is 8.10. The Morgan fingerprint density at radius 2 is 2.64 bits per heavy atom. The third-order valence-corrected chi connectivity index (χ3v) is 1.48. The first-order valence-electron chi connectivity index (χ1n) is 3.80. The molecule has 3 nitrogen and oxygen atoms in total. The van der Waals surface area contributed by atoms with Crippen molar-refractivity contribution in [3.8, 4) is 0 Å². The Bertz CT molecular complexity index is 163. The molecule has 0 aromatic heterocycles. The average molecular weight is 156 g/mol. The Hall–Kier alpha value is -0.990. The van der Waals surface area contributed by atoms with E-state index in [-0.39, 0.29) is 12.1 Å². The van der Waals surface area contributed by atoms with Gasteiger partial charge in [0.25, 0.3) is 0 Å². The standard InChI is InChI=1S/C8H12O3/c1-2-8(9)11-7-3-5-10-6-4-7/h3,5,7H,2,4,6H2,1H3/t7-/m1/s1. The molecule has 0 aromatic rings. The fourth-order valence-electron chi connectivity index (χ4n) is 0.842. The van der Waals surface area contributed by atoms with Crippen molar-refractivity contribution in [2.45, 2.75) is 25.9 Å². The zero-order valence-corrected chi connectivity index (χ0v) is 6.58. The van der Waals surface area contributed by atoms with Gasteiger partial charge >= 0.3 is 5.97 Å². The van der Waals surface area contributed by atoms with Crippen LogP contribution in [0.5, 0.6) is 0 Å². The molecule has 62 valence electrons. The highest BCUT2D eigenvalue weighted by Crippen LogP contribution is 2.07. The van der Waals surface area contributed by atoms with Crippen LogP contribution in [0.25, 0.3) is 0 Å². The normalized spacial score (nSPS) is 22.5. The van der Waals surface area contributed by atoms with Crippen molar-refractivity contribution in [1.29, 1.82) is 0 Å². The van der Waals surface area contributed by atoms with Crippen LogP contribution < -0.4 is 0 Å². The van der Waals surface area contributed by atoms with Gasteiger partial charge in [-0.3, -0.25) is 4.79 Å². The first kappa shape index (κ1) is 8.11. The number of ether oxygens (including phenoxy) is 2. The van der Waals surface area contributed by atoms with Gasteiger partial charge in [0.2, 0.25) is 0 Å². The minimum Gasteiger partial charge on any atom is -0.501 e. The smallest absolute Gasteiger partial charge is 0.306 e. The van der Waals surface area contributed by atoms with Gasteiger partial charge in [-0.25, -0.2) is 0 Å². The van der Waals surface area contributed by atoms with Crippen LogP contribution in [0.4, 0.5) is 0 Å². The molecule has 0 aliphatic carbocycles. The summed E-state index contributed by atoms with van der Waals surface area (Å²) in [6.45, 7) is 2.42. The fraction of sp³-hybridized carbons (Fsp3) is 0.625. The summed E-state index contributed by atoms with van der Waals surface area (Å²) in [5.74, 6) is -0.151. The summed E-state index contributed by atoms with van der Waals surface area (Å²) >= 11 is 0. The Morgan fingerprint density at radius 1 is 1.82 bits per heavy atom. The minimum absolute atomic E-state index is 0.0730. The molecule has 0 spiro atoms. The molecule has 1 aliphatic rings. The van der Waals surface area contributed by atoms with Crippen LogP contribution in [0.1, 0.15) is 19.8 Å². The molecule has 1 heterocycles. The molecule has 0 unspecified atom stereocenters. The third-order valence-electron chi connectivity index (χ3n) is 1.48. The van der Waals surface area contributed by atoms with Gasteiger partial charge in [0.1, 0.15) is 6.10 Å². The molecule has 1 rings (SSSR count). The Kier molecular flexibility index (Phi) is 2.95. The van der Waals surface area contributed by atoms with Crippen molar-refractivity contribution in [2.24, 2.45) is 0 Å². The number of hydrogen-bond acceptors (Lipinski definition) is 3. The summed E-state index contributed by atoms with van der Waals surface area (Å²) in [6, 6.07) is 0. The van der Waals surface area contributed by atoms with Gasteiger partial charge in [-0.05, 0) is 6.08 Å². The van der Waals surface area contributed by atoms with Crippen LogP contribution in [-0.4, -0.2) is 18.7 Å². The van der Waals surface area contributed by atoms with Gasteiger partial charge in [-0.2, -0.15) is 0 Å². The number of esters is 1. The molecule has 0 aromatic carbocycles. The zero-order valence-electron chi connectivity index (χ0n) is 6.58. The van der Waals surface area contributed by atoms with E-state index in [1.807, 2.05) is 0 Å². The van der Waals surface area contributed by atoms with E-state index in [4.69, 9.17) is 9.47 Å². The molecule has 0 bridgehead atoms. The van der Waals surface area contributed by atoms with E-state index in [1.165, 1.54) is 0 Å². The highest BCUT2D eigenvalue weighted by molar-refractivity contribution is 5.69. The summed E-state index contributed by atoms with van der Waals surface area (Å²) < 4.78 is 9.98. The Labute approximate surface area is 66.0 Å². The van der Waals surface area contributed by atoms with Gasteiger partial charge in [0, 0.05) is 12.8 Å². The maximum atomic E-state index is 10.8. The van der Waals surface area contributed by atoms with Crippen molar-refractivity contribution in [3.05, 3.63) is 12.3 Å². The largest absolute Gasteiger partial charge is 0.501 e. The maximum Gasteiger partial charge on any atom is 0.306 e. The quantitative estimate of drug-likeness (QED) is 0.564. The fourth-order valence-corrected chi connectivity index (χ4v) is 0.842. The van der Waals surface area contributed by atoms with E-state index < -0.39 is 0 Å². The van der Waals surface area contributed by atoms with Crippen LogP contribution >= 0.6 is 0 Å². The SMILES string of the molecule is CCC(=O)O[C@@H]1C=COCC1. The van der Waals surface area contributed by atoms with Crippen molar-refractivity contribution in [2.75, 3.05) is 6.61 Å². The molecule has 0 N–H and O–H groups in total. The first-order chi connectivity index (χ1) is 5.33. The van der Waals surface area contributed by atoms with Crippen molar-refractivity contribution in [1.82, 2.24) is 0 Å². The second kappa shape index (κ2) is 4.01. The maximum absolute atomic E-state index is 10.8. The Balaban J connectivity index is 2.30. The van der Waals surface area contributed by atoms with Crippen LogP contribution in [0.2, 0.25) is 0 Å². The molecule has 0 radical (unpaired) electrons. The van der Waals surface area contributed by atoms with Gasteiger partial charge in [0.05, 0.1) is 12.9 Å². The third kappa shape index (κ3) is 2.62. The highest BCUT2D eigenvalue weighted by atomic mass is 16.5. The molecule has 0 saturated carbocycles. The predicted molar refractivity (Wildman–Crippen MR) is 39.9 cm³/mol. The summed E-state index contributed by atoms with van der Waals surface area (Å²) in [7, 11) is 0. The van der Waals surface area contributed by atoms with Crippen LogP contribution in [0.3, 0.4) is 0 Å². The van der Waals surface area contributed by atoms with E-state index in [0.29, 0.717) is 13.0 Å². The molecular formula is C8H12O3. The minimum atomic E-state index is -0.151. The number of rotatable bonds is 2.